The van der Waals surface area contributed by atoms with Crippen LogP contribution < -0.4 is 0 Å². The molecule has 1 saturated carbocycles. The van der Waals surface area contributed by atoms with Crippen LogP contribution in [-0.4, -0.2) is 5.92 Å². The van der Waals surface area contributed by atoms with E-state index in [1.807, 2.05) is 0 Å². The van der Waals surface area contributed by atoms with Gasteiger partial charge in [0.25, 0.3) is 0 Å². The standard InChI is InChI=1S/C7H10F2/c1-2-3-6-4-7(8,9)5-6/h2,6H,1,3-5H2. The lowest BCUT2D eigenvalue weighted by Gasteiger charge is -2.34. The van der Waals surface area contributed by atoms with E-state index in [4.69, 9.17) is 0 Å². The van der Waals surface area contributed by atoms with E-state index >= 15 is 0 Å². The van der Waals surface area contributed by atoms with Crippen LogP contribution in [0.1, 0.15) is 19.3 Å². The van der Waals surface area contributed by atoms with Crippen LogP contribution in [0.2, 0.25) is 0 Å². The van der Waals surface area contributed by atoms with E-state index in [-0.39, 0.29) is 18.8 Å². The van der Waals surface area contributed by atoms with Gasteiger partial charge < -0.3 is 0 Å². The lowest BCUT2D eigenvalue weighted by atomic mass is 9.79. The van der Waals surface area contributed by atoms with Crippen LogP contribution in [0.5, 0.6) is 0 Å². The first-order chi connectivity index (χ1) is 4.14. The zero-order valence-electron chi connectivity index (χ0n) is 5.24. The highest BCUT2D eigenvalue weighted by Crippen LogP contribution is 2.43. The molecule has 0 amide bonds. The monoisotopic (exact) mass is 132 g/mol. The third kappa shape index (κ3) is 1.50. The van der Waals surface area contributed by atoms with Crippen molar-refractivity contribution in [1.82, 2.24) is 0 Å². The summed E-state index contributed by atoms with van der Waals surface area (Å²) in [7, 11) is 0. The van der Waals surface area contributed by atoms with Crippen molar-refractivity contribution < 1.29 is 8.78 Å². The molecule has 1 rings (SSSR count). The highest BCUT2D eigenvalue weighted by molar-refractivity contribution is 4.89. The van der Waals surface area contributed by atoms with Crippen LogP contribution in [0.25, 0.3) is 0 Å². The van der Waals surface area contributed by atoms with Gasteiger partial charge in [0, 0.05) is 12.8 Å². The minimum absolute atomic E-state index is 0.0685. The first kappa shape index (κ1) is 6.72. The number of alkyl halides is 2. The highest BCUT2D eigenvalue weighted by Gasteiger charge is 2.44. The van der Waals surface area contributed by atoms with Crippen molar-refractivity contribution in [2.75, 3.05) is 0 Å². The summed E-state index contributed by atoms with van der Waals surface area (Å²) in [6.07, 6.45) is 2.59. The van der Waals surface area contributed by atoms with Gasteiger partial charge in [0.15, 0.2) is 0 Å². The van der Waals surface area contributed by atoms with Gasteiger partial charge in [0.2, 0.25) is 5.92 Å². The van der Waals surface area contributed by atoms with Crippen LogP contribution in [0.15, 0.2) is 12.7 Å². The van der Waals surface area contributed by atoms with Gasteiger partial charge in [0.05, 0.1) is 0 Å². The fourth-order valence-electron chi connectivity index (χ4n) is 1.19. The molecule has 0 radical (unpaired) electrons. The highest BCUT2D eigenvalue weighted by atomic mass is 19.3. The SMILES string of the molecule is C=CCC1CC(F)(F)C1. The Labute approximate surface area is 53.6 Å². The van der Waals surface area contributed by atoms with E-state index in [0.29, 0.717) is 0 Å². The molecule has 9 heavy (non-hydrogen) atoms. The molecule has 0 aromatic rings. The Balaban J connectivity index is 2.19. The van der Waals surface area contributed by atoms with Crippen molar-refractivity contribution in [3.63, 3.8) is 0 Å². The van der Waals surface area contributed by atoms with Crippen LogP contribution >= 0.6 is 0 Å². The third-order valence-electron chi connectivity index (χ3n) is 1.67. The van der Waals surface area contributed by atoms with Crippen LogP contribution in [0.3, 0.4) is 0 Å². The predicted octanol–water partition coefficient (Wildman–Crippen LogP) is 2.61. The molecule has 1 aliphatic carbocycles. The molecule has 0 aromatic heterocycles. The van der Waals surface area contributed by atoms with Crippen molar-refractivity contribution in [3.8, 4) is 0 Å². The van der Waals surface area contributed by atoms with Crippen LogP contribution in [0.4, 0.5) is 8.78 Å². The second kappa shape index (κ2) is 2.09. The fraction of sp³-hybridized carbons (Fsp3) is 0.714. The van der Waals surface area contributed by atoms with Gasteiger partial charge in [-0.05, 0) is 12.3 Å². The van der Waals surface area contributed by atoms with Gasteiger partial charge in [-0.1, -0.05) is 6.08 Å². The van der Waals surface area contributed by atoms with Crippen LogP contribution in [-0.2, 0) is 0 Å². The number of rotatable bonds is 2. The average molecular weight is 132 g/mol. The Morgan fingerprint density at radius 1 is 1.56 bits per heavy atom. The topological polar surface area (TPSA) is 0 Å². The maximum absolute atomic E-state index is 12.1. The van der Waals surface area contributed by atoms with Gasteiger partial charge in [-0.15, -0.1) is 6.58 Å². The van der Waals surface area contributed by atoms with E-state index in [0.717, 1.165) is 6.42 Å². The van der Waals surface area contributed by atoms with Crippen molar-refractivity contribution in [1.29, 1.82) is 0 Å². The molecule has 0 heterocycles. The van der Waals surface area contributed by atoms with Crippen molar-refractivity contribution in [2.24, 2.45) is 5.92 Å². The summed E-state index contributed by atoms with van der Waals surface area (Å²) in [5.41, 5.74) is 0. The fourth-order valence-corrected chi connectivity index (χ4v) is 1.19. The Hall–Kier alpha value is -0.400. The summed E-state index contributed by atoms with van der Waals surface area (Å²) in [5, 5.41) is 0. The van der Waals surface area contributed by atoms with Gasteiger partial charge in [0.1, 0.15) is 0 Å². The quantitative estimate of drug-likeness (QED) is 0.506. The van der Waals surface area contributed by atoms with E-state index in [2.05, 4.69) is 6.58 Å². The zero-order valence-corrected chi connectivity index (χ0v) is 5.24. The first-order valence-electron chi connectivity index (χ1n) is 3.13. The Kier molecular flexibility index (Phi) is 1.56. The predicted molar refractivity (Wildman–Crippen MR) is 32.5 cm³/mol. The van der Waals surface area contributed by atoms with E-state index < -0.39 is 5.92 Å². The van der Waals surface area contributed by atoms with E-state index in [9.17, 15) is 8.78 Å². The minimum Gasteiger partial charge on any atom is -0.207 e. The maximum Gasteiger partial charge on any atom is 0.248 e. The Bertz CT molecular complexity index is 110. The molecule has 0 spiro atoms. The molecule has 1 aliphatic rings. The average Bonchev–Trinajstić information content (AvgIpc) is 1.62. The van der Waals surface area contributed by atoms with Crippen LogP contribution in [0, 0.1) is 5.92 Å². The summed E-state index contributed by atoms with van der Waals surface area (Å²) in [6, 6.07) is 0. The van der Waals surface area contributed by atoms with E-state index in [1.165, 1.54) is 0 Å². The van der Waals surface area contributed by atoms with Crippen molar-refractivity contribution >= 4 is 0 Å². The molecule has 0 aliphatic heterocycles. The van der Waals surface area contributed by atoms with Gasteiger partial charge in [-0.3, -0.25) is 0 Å². The van der Waals surface area contributed by atoms with Crippen molar-refractivity contribution in [2.45, 2.75) is 25.2 Å². The summed E-state index contributed by atoms with van der Waals surface area (Å²) in [4.78, 5) is 0. The van der Waals surface area contributed by atoms with Gasteiger partial charge in [-0.25, -0.2) is 8.78 Å². The maximum atomic E-state index is 12.1. The molecule has 0 saturated heterocycles. The number of hydrogen-bond acceptors (Lipinski definition) is 0. The Morgan fingerprint density at radius 2 is 2.11 bits per heavy atom. The molecule has 0 unspecified atom stereocenters. The molecule has 52 valence electrons. The second-order valence-electron chi connectivity index (χ2n) is 2.65. The molecule has 0 bridgehead atoms. The summed E-state index contributed by atoms with van der Waals surface area (Å²) in [6.45, 7) is 3.49. The second-order valence-corrected chi connectivity index (χ2v) is 2.65. The molecule has 0 nitrogen and oxygen atoms in total. The number of allylic oxidation sites excluding steroid dienone is 1. The number of hydrogen-bond donors (Lipinski definition) is 0. The summed E-state index contributed by atoms with van der Waals surface area (Å²) >= 11 is 0. The minimum atomic E-state index is -2.35. The lowest BCUT2D eigenvalue weighted by molar-refractivity contribution is -0.109. The third-order valence-corrected chi connectivity index (χ3v) is 1.67. The Morgan fingerprint density at radius 3 is 2.44 bits per heavy atom. The largest absolute Gasteiger partial charge is 0.248 e. The molecule has 1 fully saturated rings. The molecule has 0 N–H and O–H groups in total. The molecule has 0 aromatic carbocycles. The van der Waals surface area contributed by atoms with E-state index in [1.54, 1.807) is 6.08 Å². The molecular formula is C7H10F2. The summed E-state index contributed by atoms with van der Waals surface area (Å²) in [5.74, 6) is -2.15. The smallest absolute Gasteiger partial charge is 0.207 e. The number of halogens is 2. The lowest BCUT2D eigenvalue weighted by Crippen LogP contribution is -2.34. The first-order valence-corrected chi connectivity index (χ1v) is 3.13. The summed E-state index contributed by atoms with van der Waals surface area (Å²) < 4.78 is 24.2. The zero-order chi connectivity index (χ0) is 6.91. The normalized spacial score (nSPS) is 25.1. The van der Waals surface area contributed by atoms with Gasteiger partial charge >= 0.3 is 0 Å². The van der Waals surface area contributed by atoms with Crippen molar-refractivity contribution in [3.05, 3.63) is 12.7 Å². The molecule has 2 heteroatoms. The molecule has 0 atom stereocenters. The van der Waals surface area contributed by atoms with Gasteiger partial charge in [-0.2, -0.15) is 0 Å². The molecular weight excluding hydrogens is 122 g/mol.